The molecular formula is C17H20N2O3. The quantitative estimate of drug-likeness (QED) is 0.868. The van der Waals surface area contributed by atoms with Gasteiger partial charge in [0.05, 0.1) is 11.1 Å². The summed E-state index contributed by atoms with van der Waals surface area (Å²) in [6.07, 6.45) is 4.25. The number of rotatable bonds is 3. The van der Waals surface area contributed by atoms with Crippen LogP contribution in [0.4, 0.5) is 0 Å². The van der Waals surface area contributed by atoms with Crippen LogP contribution in [0.1, 0.15) is 53.3 Å². The van der Waals surface area contributed by atoms with Gasteiger partial charge in [0.15, 0.2) is 0 Å². The van der Waals surface area contributed by atoms with Crippen LogP contribution < -0.4 is 5.32 Å². The number of nitrogens with one attached hydrogen (secondary N) is 1. The highest BCUT2D eigenvalue weighted by Gasteiger charge is 2.36. The minimum Gasteiger partial charge on any atom is -0.352 e. The lowest BCUT2D eigenvalue weighted by Crippen LogP contribution is -2.45. The molecule has 3 amide bonds. The molecule has 116 valence electrons. The van der Waals surface area contributed by atoms with Gasteiger partial charge in [-0.3, -0.25) is 19.3 Å². The van der Waals surface area contributed by atoms with Gasteiger partial charge in [0, 0.05) is 6.04 Å². The van der Waals surface area contributed by atoms with Gasteiger partial charge < -0.3 is 5.32 Å². The van der Waals surface area contributed by atoms with E-state index in [0.29, 0.717) is 17.0 Å². The highest BCUT2D eigenvalue weighted by Crippen LogP contribution is 2.24. The molecule has 1 aromatic carbocycles. The molecule has 2 atom stereocenters. The molecule has 3 rings (SSSR count). The average Bonchev–Trinajstić information content (AvgIpc) is 2.73. The van der Waals surface area contributed by atoms with Gasteiger partial charge in [0.25, 0.3) is 11.8 Å². The van der Waals surface area contributed by atoms with Crippen molar-refractivity contribution in [2.75, 3.05) is 6.54 Å². The molecule has 1 saturated carbocycles. The Balaban J connectivity index is 1.63. The summed E-state index contributed by atoms with van der Waals surface area (Å²) in [6.45, 7) is 1.99. The highest BCUT2D eigenvalue weighted by molar-refractivity contribution is 6.22. The van der Waals surface area contributed by atoms with E-state index in [9.17, 15) is 14.4 Å². The highest BCUT2D eigenvalue weighted by atomic mass is 16.2. The van der Waals surface area contributed by atoms with E-state index < -0.39 is 0 Å². The predicted molar refractivity (Wildman–Crippen MR) is 81.4 cm³/mol. The molecule has 0 aromatic heterocycles. The molecule has 1 aliphatic carbocycles. The van der Waals surface area contributed by atoms with Crippen LogP contribution in [-0.2, 0) is 4.79 Å². The summed E-state index contributed by atoms with van der Waals surface area (Å²) in [4.78, 5) is 37.6. The Kier molecular flexibility index (Phi) is 3.96. The summed E-state index contributed by atoms with van der Waals surface area (Å²) in [6, 6.07) is 6.84. The van der Waals surface area contributed by atoms with Gasteiger partial charge in [0.1, 0.15) is 6.54 Å². The van der Waals surface area contributed by atoms with Crippen molar-refractivity contribution in [3.63, 3.8) is 0 Å². The summed E-state index contributed by atoms with van der Waals surface area (Å²) in [5.74, 6) is -0.410. The monoisotopic (exact) mass is 300 g/mol. The van der Waals surface area contributed by atoms with Gasteiger partial charge in [0.2, 0.25) is 5.91 Å². The fourth-order valence-electron chi connectivity index (χ4n) is 3.36. The lowest BCUT2D eigenvalue weighted by atomic mass is 9.87. The number of carbonyl (C=O) groups is 3. The van der Waals surface area contributed by atoms with Crippen LogP contribution in [0.3, 0.4) is 0 Å². The number of hydrogen-bond acceptors (Lipinski definition) is 3. The van der Waals surface area contributed by atoms with Crippen LogP contribution in [0.15, 0.2) is 24.3 Å². The van der Waals surface area contributed by atoms with Crippen molar-refractivity contribution in [1.82, 2.24) is 10.2 Å². The Morgan fingerprint density at radius 1 is 1.18 bits per heavy atom. The lowest BCUT2D eigenvalue weighted by molar-refractivity contribution is -0.122. The number of hydrogen-bond donors (Lipinski definition) is 1. The number of nitrogens with zero attached hydrogens (tertiary/aromatic N) is 1. The summed E-state index contributed by atoms with van der Waals surface area (Å²) < 4.78 is 0. The summed E-state index contributed by atoms with van der Waals surface area (Å²) in [7, 11) is 0. The Morgan fingerprint density at radius 2 is 1.82 bits per heavy atom. The molecule has 0 saturated heterocycles. The summed E-state index contributed by atoms with van der Waals surface area (Å²) in [5, 5.41) is 2.96. The molecule has 2 aliphatic rings. The van der Waals surface area contributed by atoms with Crippen molar-refractivity contribution >= 4 is 17.7 Å². The third-order valence-corrected chi connectivity index (χ3v) is 4.48. The third kappa shape index (κ3) is 2.75. The largest absolute Gasteiger partial charge is 0.352 e. The van der Waals surface area contributed by atoms with Crippen molar-refractivity contribution in [2.24, 2.45) is 5.92 Å². The fourth-order valence-corrected chi connectivity index (χ4v) is 3.36. The number of fused-ring (bicyclic) bond motifs is 1. The first-order valence-corrected chi connectivity index (χ1v) is 7.81. The first-order valence-electron chi connectivity index (χ1n) is 7.81. The minimum atomic E-state index is -0.382. The van der Waals surface area contributed by atoms with Crippen LogP contribution in [-0.4, -0.2) is 35.2 Å². The standard InChI is InChI=1S/C17H20N2O3/c1-11-5-4-6-12(9-11)18-15(20)10-19-16(21)13-7-2-3-8-14(13)17(19)22/h2-3,7-8,11-12H,4-6,9-10H2,1H3,(H,18,20). The Hall–Kier alpha value is -2.17. The van der Waals surface area contributed by atoms with Crippen LogP contribution in [0.2, 0.25) is 0 Å². The second-order valence-electron chi connectivity index (χ2n) is 6.28. The molecule has 2 unspecified atom stereocenters. The van der Waals surface area contributed by atoms with Gasteiger partial charge in [-0.05, 0) is 30.9 Å². The lowest BCUT2D eigenvalue weighted by Gasteiger charge is -2.28. The van der Waals surface area contributed by atoms with Crippen molar-refractivity contribution < 1.29 is 14.4 Å². The van der Waals surface area contributed by atoms with Crippen molar-refractivity contribution in [1.29, 1.82) is 0 Å². The average molecular weight is 300 g/mol. The number of imide groups is 1. The zero-order valence-electron chi connectivity index (χ0n) is 12.7. The Bertz CT molecular complexity index is 591. The fraction of sp³-hybridized carbons (Fsp3) is 0.471. The normalized spacial score (nSPS) is 24.3. The molecule has 5 nitrogen and oxygen atoms in total. The number of amides is 3. The van der Waals surface area contributed by atoms with E-state index in [2.05, 4.69) is 12.2 Å². The van der Waals surface area contributed by atoms with E-state index in [-0.39, 0.29) is 30.3 Å². The van der Waals surface area contributed by atoms with Gasteiger partial charge in [-0.15, -0.1) is 0 Å². The van der Waals surface area contributed by atoms with E-state index in [4.69, 9.17) is 0 Å². The smallest absolute Gasteiger partial charge is 0.262 e. The van der Waals surface area contributed by atoms with Crippen LogP contribution in [0.5, 0.6) is 0 Å². The summed E-state index contributed by atoms with van der Waals surface area (Å²) in [5.41, 5.74) is 0.762. The maximum atomic E-state index is 12.2. The molecule has 0 radical (unpaired) electrons. The molecular weight excluding hydrogens is 280 g/mol. The molecule has 1 fully saturated rings. The molecule has 1 heterocycles. The van der Waals surface area contributed by atoms with Gasteiger partial charge in [-0.1, -0.05) is 31.9 Å². The van der Waals surface area contributed by atoms with Crippen molar-refractivity contribution in [3.05, 3.63) is 35.4 Å². The zero-order chi connectivity index (χ0) is 15.7. The van der Waals surface area contributed by atoms with Crippen molar-refractivity contribution in [3.8, 4) is 0 Å². The molecule has 1 N–H and O–H groups in total. The molecule has 5 heteroatoms. The molecule has 0 bridgehead atoms. The summed E-state index contributed by atoms with van der Waals surface area (Å²) >= 11 is 0. The zero-order valence-corrected chi connectivity index (χ0v) is 12.7. The number of benzene rings is 1. The maximum Gasteiger partial charge on any atom is 0.262 e. The first kappa shape index (κ1) is 14.8. The van der Waals surface area contributed by atoms with E-state index in [0.717, 1.165) is 24.2 Å². The SMILES string of the molecule is CC1CCCC(NC(=O)CN2C(=O)c3ccccc3C2=O)C1. The Morgan fingerprint density at radius 3 is 2.41 bits per heavy atom. The van der Waals surface area contributed by atoms with E-state index in [1.54, 1.807) is 24.3 Å². The van der Waals surface area contributed by atoms with Crippen LogP contribution >= 0.6 is 0 Å². The van der Waals surface area contributed by atoms with Crippen LogP contribution in [0.25, 0.3) is 0 Å². The Labute approximate surface area is 129 Å². The second-order valence-corrected chi connectivity index (χ2v) is 6.28. The van der Waals surface area contributed by atoms with E-state index >= 15 is 0 Å². The number of carbonyl (C=O) groups excluding carboxylic acids is 3. The van der Waals surface area contributed by atoms with Gasteiger partial charge >= 0.3 is 0 Å². The molecule has 1 aromatic rings. The van der Waals surface area contributed by atoms with E-state index in [1.165, 1.54) is 6.42 Å². The van der Waals surface area contributed by atoms with Gasteiger partial charge in [-0.2, -0.15) is 0 Å². The van der Waals surface area contributed by atoms with Crippen LogP contribution in [0, 0.1) is 5.92 Å². The second kappa shape index (κ2) is 5.91. The molecule has 1 aliphatic heterocycles. The third-order valence-electron chi connectivity index (χ3n) is 4.48. The topological polar surface area (TPSA) is 66.5 Å². The predicted octanol–water partition coefficient (Wildman–Crippen LogP) is 1.98. The van der Waals surface area contributed by atoms with Gasteiger partial charge in [-0.25, -0.2) is 0 Å². The van der Waals surface area contributed by atoms with Crippen molar-refractivity contribution in [2.45, 2.75) is 38.6 Å². The molecule has 22 heavy (non-hydrogen) atoms. The molecule has 0 spiro atoms. The minimum absolute atomic E-state index is 0.159. The van der Waals surface area contributed by atoms with E-state index in [1.807, 2.05) is 0 Å². The first-order chi connectivity index (χ1) is 10.6. The maximum absolute atomic E-state index is 12.2.